The molecule has 2 amide bonds. The van der Waals surface area contributed by atoms with Crippen molar-refractivity contribution >= 4 is 17.5 Å². The molecule has 2 N–H and O–H groups in total. The maximum atomic E-state index is 12.2. The average molecular weight is 280 g/mol. The van der Waals surface area contributed by atoms with Crippen molar-refractivity contribution < 1.29 is 9.59 Å². The lowest BCUT2D eigenvalue weighted by molar-refractivity contribution is 0.0652. The molecule has 4 nitrogen and oxygen atoms in total. The topological polar surface area (TPSA) is 63.4 Å². The second-order valence-electron chi connectivity index (χ2n) is 5.16. The molecule has 0 radical (unpaired) electrons. The predicted octanol–water partition coefficient (Wildman–Crippen LogP) is 2.50. The normalized spacial score (nSPS) is 13.6. The molecule has 1 aliphatic heterocycles. The van der Waals surface area contributed by atoms with E-state index >= 15 is 0 Å². The van der Waals surface area contributed by atoms with E-state index in [-0.39, 0.29) is 11.8 Å². The summed E-state index contributed by atoms with van der Waals surface area (Å²) < 4.78 is 0. The molecular formula is C17H16N2O2. The van der Waals surface area contributed by atoms with Crippen LogP contribution < -0.4 is 5.73 Å². The van der Waals surface area contributed by atoms with E-state index in [1.807, 2.05) is 24.3 Å². The second-order valence-corrected chi connectivity index (χ2v) is 5.16. The van der Waals surface area contributed by atoms with E-state index in [9.17, 15) is 9.59 Å². The molecule has 2 aromatic rings. The van der Waals surface area contributed by atoms with Gasteiger partial charge in [-0.1, -0.05) is 24.3 Å². The Balaban J connectivity index is 1.65. The molecule has 0 saturated heterocycles. The van der Waals surface area contributed by atoms with Gasteiger partial charge in [0.2, 0.25) is 0 Å². The molecule has 21 heavy (non-hydrogen) atoms. The number of hydrogen-bond donors (Lipinski definition) is 1. The number of imide groups is 1. The van der Waals surface area contributed by atoms with Crippen LogP contribution in [0.1, 0.15) is 32.7 Å². The van der Waals surface area contributed by atoms with Crippen LogP contribution in [0.3, 0.4) is 0 Å². The first-order valence-electron chi connectivity index (χ1n) is 6.96. The fraction of sp³-hybridized carbons (Fsp3) is 0.176. The number of carbonyl (C=O) groups excluding carboxylic acids is 2. The maximum absolute atomic E-state index is 12.2. The summed E-state index contributed by atoms with van der Waals surface area (Å²) in [6.07, 6.45) is 1.52. The smallest absolute Gasteiger partial charge is 0.261 e. The van der Waals surface area contributed by atoms with Gasteiger partial charge in [0, 0.05) is 12.2 Å². The van der Waals surface area contributed by atoms with Gasteiger partial charge in [-0.25, -0.2) is 0 Å². The summed E-state index contributed by atoms with van der Waals surface area (Å²) in [5.74, 6) is -0.383. The molecule has 0 aliphatic carbocycles. The van der Waals surface area contributed by atoms with Gasteiger partial charge < -0.3 is 5.73 Å². The van der Waals surface area contributed by atoms with E-state index in [1.165, 1.54) is 4.90 Å². The molecule has 106 valence electrons. The Morgan fingerprint density at radius 2 is 1.57 bits per heavy atom. The van der Waals surface area contributed by atoms with Crippen LogP contribution in [-0.4, -0.2) is 23.3 Å². The van der Waals surface area contributed by atoms with Gasteiger partial charge in [-0.3, -0.25) is 14.5 Å². The van der Waals surface area contributed by atoms with Crippen molar-refractivity contribution in [1.82, 2.24) is 4.90 Å². The predicted molar refractivity (Wildman–Crippen MR) is 81.0 cm³/mol. The highest BCUT2D eigenvalue weighted by Gasteiger charge is 2.34. The van der Waals surface area contributed by atoms with E-state index in [0.717, 1.165) is 24.1 Å². The van der Waals surface area contributed by atoms with E-state index < -0.39 is 0 Å². The van der Waals surface area contributed by atoms with Gasteiger partial charge in [0.05, 0.1) is 11.1 Å². The lowest BCUT2D eigenvalue weighted by Gasteiger charge is -2.13. The minimum Gasteiger partial charge on any atom is -0.399 e. The third-order valence-corrected chi connectivity index (χ3v) is 3.68. The fourth-order valence-corrected chi connectivity index (χ4v) is 2.63. The average Bonchev–Trinajstić information content (AvgIpc) is 2.73. The number of nitrogens with two attached hydrogens (primary N) is 1. The standard InChI is InChI=1S/C17H16N2O2/c18-13-7-3-5-12(11-13)6-4-10-19-16(20)14-8-1-2-9-15(14)17(19)21/h1-3,5,7-9,11H,4,6,10,18H2. The summed E-state index contributed by atoms with van der Waals surface area (Å²) in [5, 5.41) is 0. The van der Waals surface area contributed by atoms with Crippen molar-refractivity contribution in [3.63, 3.8) is 0 Å². The van der Waals surface area contributed by atoms with Crippen LogP contribution in [0, 0.1) is 0 Å². The molecule has 4 heteroatoms. The molecule has 3 rings (SSSR count). The van der Waals surface area contributed by atoms with Crippen molar-refractivity contribution in [2.75, 3.05) is 12.3 Å². The van der Waals surface area contributed by atoms with Crippen molar-refractivity contribution in [3.8, 4) is 0 Å². The SMILES string of the molecule is Nc1cccc(CCCN2C(=O)c3ccccc3C2=O)c1. The summed E-state index contributed by atoms with van der Waals surface area (Å²) in [7, 11) is 0. The monoisotopic (exact) mass is 280 g/mol. The van der Waals surface area contributed by atoms with Crippen molar-refractivity contribution in [1.29, 1.82) is 0 Å². The summed E-state index contributed by atoms with van der Waals surface area (Å²) in [6.45, 7) is 0.432. The van der Waals surface area contributed by atoms with Crippen LogP contribution >= 0.6 is 0 Å². The number of fused-ring (bicyclic) bond motifs is 1. The molecular weight excluding hydrogens is 264 g/mol. The summed E-state index contributed by atoms with van der Waals surface area (Å²) in [4.78, 5) is 25.7. The number of anilines is 1. The van der Waals surface area contributed by atoms with Crippen LogP contribution in [0.15, 0.2) is 48.5 Å². The molecule has 0 bridgehead atoms. The number of benzene rings is 2. The van der Waals surface area contributed by atoms with Gasteiger partial charge in [-0.05, 0) is 42.7 Å². The zero-order valence-corrected chi connectivity index (χ0v) is 11.6. The Bertz CT molecular complexity index is 674. The Labute approximate surface area is 123 Å². The first-order valence-corrected chi connectivity index (χ1v) is 6.96. The molecule has 0 fully saturated rings. The minimum absolute atomic E-state index is 0.192. The highest BCUT2D eigenvalue weighted by Crippen LogP contribution is 2.22. The largest absolute Gasteiger partial charge is 0.399 e. The Morgan fingerprint density at radius 1 is 0.905 bits per heavy atom. The molecule has 0 unspecified atom stereocenters. The van der Waals surface area contributed by atoms with Crippen molar-refractivity contribution in [2.45, 2.75) is 12.8 Å². The maximum Gasteiger partial charge on any atom is 0.261 e. The molecule has 0 aromatic heterocycles. The third-order valence-electron chi connectivity index (χ3n) is 3.68. The number of nitrogens with zero attached hydrogens (tertiary/aromatic N) is 1. The molecule has 0 atom stereocenters. The molecule has 2 aromatic carbocycles. The second kappa shape index (κ2) is 5.40. The molecule has 1 heterocycles. The van der Waals surface area contributed by atoms with Crippen LogP contribution in [0.2, 0.25) is 0 Å². The number of amides is 2. The van der Waals surface area contributed by atoms with Gasteiger partial charge in [0.25, 0.3) is 11.8 Å². The quantitative estimate of drug-likeness (QED) is 0.691. The van der Waals surface area contributed by atoms with Crippen molar-refractivity contribution in [2.24, 2.45) is 0 Å². The summed E-state index contributed by atoms with van der Waals surface area (Å²) in [6, 6.07) is 14.6. The first kappa shape index (κ1) is 13.4. The van der Waals surface area contributed by atoms with Crippen LogP contribution in [0.25, 0.3) is 0 Å². The van der Waals surface area contributed by atoms with Crippen LogP contribution in [0.5, 0.6) is 0 Å². The van der Waals surface area contributed by atoms with E-state index in [2.05, 4.69) is 0 Å². The Kier molecular flexibility index (Phi) is 3.44. The highest BCUT2D eigenvalue weighted by atomic mass is 16.2. The number of hydrogen-bond acceptors (Lipinski definition) is 3. The van der Waals surface area contributed by atoms with E-state index in [0.29, 0.717) is 17.7 Å². The van der Waals surface area contributed by atoms with Gasteiger partial charge >= 0.3 is 0 Å². The Morgan fingerprint density at radius 3 is 2.19 bits per heavy atom. The number of carbonyl (C=O) groups is 2. The first-order chi connectivity index (χ1) is 10.2. The minimum atomic E-state index is -0.192. The van der Waals surface area contributed by atoms with Gasteiger partial charge in [0.1, 0.15) is 0 Å². The zero-order valence-electron chi connectivity index (χ0n) is 11.6. The van der Waals surface area contributed by atoms with Gasteiger partial charge in [0.15, 0.2) is 0 Å². The molecule has 1 aliphatic rings. The number of rotatable bonds is 4. The van der Waals surface area contributed by atoms with Gasteiger partial charge in [-0.2, -0.15) is 0 Å². The molecule has 0 spiro atoms. The van der Waals surface area contributed by atoms with Crippen LogP contribution in [0.4, 0.5) is 5.69 Å². The summed E-state index contributed by atoms with van der Waals surface area (Å²) >= 11 is 0. The lowest BCUT2D eigenvalue weighted by Crippen LogP contribution is -2.30. The summed E-state index contributed by atoms with van der Waals surface area (Å²) in [5.41, 5.74) is 8.59. The highest BCUT2D eigenvalue weighted by molar-refractivity contribution is 6.21. The number of aryl methyl sites for hydroxylation is 1. The number of nitrogen functional groups attached to an aromatic ring is 1. The van der Waals surface area contributed by atoms with E-state index in [4.69, 9.17) is 5.73 Å². The molecule has 0 saturated carbocycles. The fourth-order valence-electron chi connectivity index (χ4n) is 2.63. The van der Waals surface area contributed by atoms with Crippen LogP contribution in [-0.2, 0) is 6.42 Å². The van der Waals surface area contributed by atoms with E-state index in [1.54, 1.807) is 24.3 Å². The zero-order chi connectivity index (χ0) is 14.8. The third kappa shape index (κ3) is 2.52. The lowest BCUT2D eigenvalue weighted by atomic mass is 10.1. The van der Waals surface area contributed by atoms with Gasteiger partial charge in [-0.15, -0.1) is 0 Å². The van der Waals surface area contributed by atoms with Crippen molar-refractivity contribution in [3.05, 3.63) is 65.2 Å². The Hall–Kier alpha value is -2.62.